The number of hydrogen-bond acceptors (Lipinski definition) is 11. The molecule has 13 nitrogen and oxygen atoms in total. The maximum Gasteiger partial charge on any atom is 0.418 e. The molecule has 0 spiro atoms. The van der Waals surface area contributed by atoms with E-state index in [1.165, 1.54) is 27.4 Å². The van der Waals surface area contributed by atoms with Crippen molar-refractivity contribution in [2.24, 2.45) is 15.5 Å². The standard InChI is InChI=1S/C22H22Cl2N2O5.C20H16Cl2F3N3O3/c1-13-7-14(5-6-18(13)20(27)26(12-29-3)21(28)30-4)19-11-22(2,31-25-19)15-8-16(23)10-17(24)9-15;1-19(13-7-14(20(23,24)25)17(22)15(21)8-13)9-16(28-31-19)11-3-5-12(6-4-11)18(29)26-10-27-30-2/h5-10H,11-12H2,1-4H3;3-8,10H,9H2,1-2H3,(H,26,27,29)/t22-;/m0./s1. The summed E-state index contributed by atoms with van der Waals surface area (Å²) in [6.45, 7) is 5.09. The number of imide groups is 1. The third-order valence-electron chi connectivity index (χ3n) is 9.66. The van der Waals surface area contributed by atoms with Crippen molar-refractivity contribution >= 4 is 82.1 Å². The Bertz CT molecular complexity index is 2430. The van der Waals surface area contributed by atoms with Crippen LogP contribution in [0.2, 0.25) is 20.1 Å². The summed E-state index contributed by atoms with van der Waals surface area (Å²) in [7, 11) is 3.94. The molecule has 4 aromatic rings. The highest BCUT2D eigenvalue weighted by molar-refractivity contribution is 6.42. The highest BCUT2D eigenvalue weighted by Gasteiger charge is 2.41. The van der Waals surface area contributed by atoms with E-state index >= 15 is 0 Å². The molecule has 0 bridgehead atoms. The van der Waals surface area contributed by atoms with E-state index in [-0.39, 0.29) is 23.7 Å². The summed E-state index contributed by atoms with van der Waals surface area (Å²) in [5.41, 5.74) is 2.19. The van der Waals surface area contributed by atoms with Crippen LogP contribution >= 0.6 is 46.4 Å². The van der Waals surface area contributed by atoms with Crippen molar-refractivity contribution < 1.29 is 51.5 Å². The molecule has 62 heavy (non-hydrogen) atoms. The third-order valence-corrected chi connectivity index (χ3v) is 10.9. The van der Waals surface area contributed by atoms with Crippen molar-refractivity contribution in [3.8, 4) is 0 Å². The quantitative estimate of drug-likeness (QED) is 0.0715. The lowest BCUT2D eigenvalue weighted by atomic mass is 9.88. The predicted molar refractivity (Wildman–Crippen MR) is 228 cm³/mol. The maximum absolute atomic E-state index is 13.3. The smallest absolute Gasteiger partial charge is 0.418 e. The van der Waals surface area contributed by atoms with E-state index in [4.69, 9.17) is 60.8 Å². The second kappa shape index (κ2) is 19.8. The Labute approximate surface area is 374 Å². The zero-order chi connectivity index (χ0) is 45.6. The van der Waals surface area contributed by atoms with Gasteiger partial charge in [0.1, 0.15) is 20.2 Å². The van der Waals surface area contributed by atoms with Crippen LogP contribution in [-0.4, -0.2) is 68.6 Å². The van der Waals surface area contributed by atoms with Gasteiger partial charge in [-0.15, -0.1) is 0 Å². The predicted octanol–water partition coefficient (Wildman–Crippen LogP) is 10.5. The first kappa shape index (κ1) is 47.7. The number of rotatable bonds is 10. The van der Waals surface area contributed by atoms with Crippen LogP contribution in [-0.2, 0) is 41.4 Å². The topological polar surface area (TPSA) is 150 Å². The first-order valence-electron chi connectivity index (χ1n) is 18.2. The van der Waals surface area contributed by atoms with Crippen molar-refractivity contribution in [3.63, 3.8) is 0 Å². The Balaban J connectivity index is 0.000000234. The molecule has 0 aliphatic carbocycles. The average Bonchev–Trinajstić information content (AvgIpc) is 3.84. The minimum Gasteiger partial charge on any atom is -0.452 e. The van der Waals surface area contributed by atoms with Gasteiger partial charge in [-0.2, -0.15) is 13.2 Å². The monoisotopic (exact) mass is 937 g/mol. The molecule has 0 aromatic heterocycles. The number of nitrogens with zero attached hydrogens (tertiary/aromatic N) is 4. The number of methoxy groups -OCH3 is 2. The minimum absolute atomic E-state index is 0.189. The largest absolute Gasteiger partial charge is 0.452 e. The van der Waals surface area contributed by atoms with Gasteiger partial charge >= 0.3 is 12.3 Å². The third kappa shape index (κ3) is 11.0. The highest BCUT2D eigenvalue weighted by atomic mass is 35.5. The molecule has 6 rings (SSSR count). The number of aryl methyl sites for hydroxylation is 1. The maximum atomic E-state index is 13.3. The Kier molecular flexibility index (Phi) is 15.2. The molecule has 2 aliphatic heterocycles. The number of amides is 3. The van der Waals surface area contributed by atoms with Gasteiger partial charge in [-0.3, -0.25) is 9.59 Å². The van der Waals surface area contributed by atoms with Gasteiger partial charge in [0.25, 0.3) is 11.8 Å². The number of hydrogen-bond donors (Lipinski definition) is 1. The fourth-order valence-corrected chi connectivity index (χ4v) is 7.32. The van der Waals surface area contributed by atoms with Crippen molar-refractivity contribution in [2.45, 2.75) is 51.0 Å². The Morgan fingerprint density at radius 2 is 1.40 bits per heavy atom. The fourth-order valence-electron chi connectivity index (χ4n) is 6.36. The lowest BCUT2D eigenvalue weighted by molar-refractivity contribution is -0.137. The molecule has 328 valence electrons. The van der Waals surface area contributed by atoms with Gasteiger partial charge in [-0.05, 0) is 92.1 Å². The number of nitrogens with one attached hydrogen (secondary N) is 1. The first-order valence-corrected chi connectivity index (χ1v) is 19.7. The number of alkyl halides is 3. The van der Waals surface area contributed by atoms with E-state index < -0.39 is 45.9 Å². The molecule has 2 heterocycles. The number of oxime groups is 3. The summed E-state index contributed by atoms with van der Waals surface area (Å²) in [5.74, 6) is -0.905. The molecular formula is C42H38Cl4F3N5O8. The molecule has 2 aliphatic rings. The molecule has 0 saturated heterocycles. The van der Waals surface area contributed by atoms with Gasteiger partial charge in [0, 0.05) is 52.3 Å². The Hall–Kier alpha value is -5.39. The average molecular weight is 940 g/mol. The normalized spacial score (nSPS) is 18.1. The molecule has 1 N–H and O–H groups in total. The van der Waals surface area contributed by atoms with E-state index in [9.17, 15) is 27.6 Å². The van der Waals surface area contributed by atoms with Crippen molar-refractivity contribution in [2.75, 3.05) is 28.1 Å². The molecule has 3 amide bonds. The van der Waals surface area contributed by atoms with E-state index in [1.807, 2.05) is 13.0 Å². The van der Waals surface area contributed by atoms with Crippen molar-refractivity contribution in [1.29, 1.82) is 0 Å². The molecule has 0 radical (unpaired) electrons. The second-order valence-electron chi connectivity index (χ2n) is 14.2. The van der Waals surface area contributed by atoms with Crippen molar-refractivity contribution in [3.05, 3.63) is 137 Å². The molecule has 0 fully saturated rings. The molecule has 1 unspecified atom stereocenters. The minimum atomic E-state index is -4.67. The van der Waals surface area contributed by atoms with Crippen LogP contribution in [0.25, 0.3) is 0 Å². The molecule has 0 saturated carbocycles. The van der Waals surface area contributed by atoms with E-state index in [0.717, 1.165) is 34.1 Å². The van der Waals surface area contributed by atoms with Gasteiger partial charge in [-0.1, -0.05) is 80.1 Å². The molecule has 20 heteroatoms. The Morgan fingerprint density at radius 1 is 0.839 bits per heavy atom. The fraction of sp³-hybridized carbons (Fsp3) is 0.286. The van der Waals surface area contributed by atoms with Crippen LogP contribution < -0.4 is 5.32 Å². The number of carbonyl (C=O) groups is 3. The highest BCUT2D eigenvalue weighted by Crippen LogP contribution is 2.44. The first-order chi connectivity index (χ1) is 29.2. The van der Waals surface area contributed by atoms with E-state index in [2.05, 4.69) is 30.4 Å². The Morgan fingerprint density at radius 3 is 1.94 bits per heavy atom. The number of ether oxygens (including phenoxy) is 2. The van der Waals surface area contributed by atoms with E-state index in [1.54, 1.807) is 68.4 Å². The van der Waals surface area contributed by atoms with Crippen LogP contribution in [0.1, 0.15) is 80.8 Å². The van der Waals surface area contributed by atoms with Crippen LogP contribution in [0.4, 0.5) is 18.0 Å². The zero-order valence-corrected chi connectivity index (χ0v) is 36.9. The molecule has 4 aromatic carbocycles. The van der Waals surface area contributed by atoms with Crippen LogP contribution in [0.3, 0.4) is 0 Å². The summed E-state index contributed by atoms with van der Waals surface area (Å²) < 4.78 is 49.5. The van der Waals surface area contributed by atoms with Crippen LogP contribution in [0.5, 0.6) is 0 Å². The van der Waals surface area contributed by atoms with Gasteiger partial charge in [0.05, 0.1) is 34.1 Å². The lowest BCUT2D eigenvalue weighted by Gasteiger charge is -2.24. The second-order valence-corrected chi connectivity index (χ2v) is 15.8. The number of carbonyl (C=O) groups excluding carboxylic acids is 3. The summed E-state index contributed by atoms with van der Waals surface area (Å²) in [5, 5.41) is 14.4. The summed E-state index contributed by atoms with van der Waals surface area (Å²) >= 11 is 23.9. The molecular weight excluding hydrogens is 901 g/mol. The van der Waals surface area contributed by atoms with Gasteiger partial charge in [0.2, 0.25) is 0 Å². The van der Waals surface area contributed by atoms with Gasteiger partial charge in [0.15, 0.2) is 11.2 Å². The molecule has 2 atom stereocenters. The van der Waals surface area contributed by atoms with Crippen LogP contribution in [0, 0.1) is 6.92 Å². The zero-order valence-electron chi connectivity index (χ0n) is 33.8. The summed E-state index contributed by atoms with van der Waals surface area (Å²) in [6, 6.07) is 19.2. The van der Waals surface area contributed by atoms with Gasteiger partial charge in [-0.25, -0.2) is 9.69 Å². The number of benzene rings is 4. The lowest BCUT2D eigenvalue weighted by Crippen LogP contribution is -2.38. The van der Waals surface area contributed by atoms with E-state index in [0.29, 0.717) is 44.4 Å². The summed E-state index contributed by atoms with van der Waals surface area (Å²) in [4.78, 5) is 53.3. The SMILES string of the molecule is COCN(C(=O)OC)C(=O)c1ccc(C2=NO[C@](C)(c3cc(Cl)cc(Cl)c3)C2)cc1C.CON=CNC(=O)c1ccc(C2=NOC(C)(c3cc(Cl)c(Cl)c(C(F)(F)F)c3)C2)cc1. The van der Waals surface area contributed by atoms with Crippen LogP contribution in [0.15, 0.2) is 88.3 Å². The number of halogens is 7. The van der Waals surface area contributed by atoms with Gasteiger partial charge < -0.3 is 29.3 Å². The summed E-state index contributed by atoms with van der Waals surface area (Å²) in [6.07, 6.45) is -3.66. The van der Waals surface area contributed by atoms with Crippen molar-refractivity contribution in [1.82, 2.24) is 10.2 Å².